The molecule has 0 unspecified atom stereocenters. The van der Waals surface area contributed by atoms with Crippen LogP contribution in [0.2, 0.25) is 0 Å². The average Bonchev–Trinajstić information content (AvgIpc) is 2.76. The molecule has 0 spiro atoms. The topological polar surface area (TPSA) is 29.9 Å². The molecule has 0 bridgehead atoms. The first kappa shape index (κ1) is 15.0. The van der Waals surface area contributed by atoms with Gasteiger partial charge < -0.3 is 9.88 Å². The van der Waals surface area contributed by atoms with Gasteiger partial charge in [0.25, 0.3) is 0 Å². The number of hydrogen-bond donors (Lipinski definition) is 1. The van der Waals surface area contributed by atoms with Crippen LogP contribution in [0, 0.1) is 5.92 Å². The maximum atomic E-state index is 4.87. The van der Waals surface area contributed by atoms with Crippen LogP contribution in [0.25, 0.3) is 11.0 Å². The summed E-state index contributed by atoms with van der Waals surface area (Å²) in [6, 6.07) is 6.71. The lowest BCUT2D eigenvalue weighted by molar-refractivity contribution is 0.513. The van der Waals surface area contributed by atoms with E-state index in [-0.39, 0.29) is 0 Å². The molecule has 3 heteroatoms. The zero-order valence-electron chi connectivity index (χ0n) is 13.2. The zero-order valence-corrected chi connectivity index (χ0v) is 13.2. The predicted molar refractivity (Wildman–Crippen MR) is 86.2 cm³/mol. The van der Waals surface area contributed by atoms with Crippen LogP contribution in [0.5, 0.6) is 0 Å². The molecule has 0 fully saturated rings. The highest BCUT2D eigenvalue weighted by molar-refractivity contribution is 5.77. The first-order valence-electron chi connectivity index (χ1n) is 7.84. The minimum atomic E-state index is 0.635. The van der Waals surface area contributed by atoms with E-state index in [0.717, 1.165) is 38.0 Å². The van der Waals surface area contributed by atoms with Crippen molar-refractivity contribution in [1.29, 1.82) is 0 Å². The van der Waals surface area contributed by atoms with Crippen LogP contribution in [-0.2, 0) is 19.4 Å². The van der Waals surface area contributed by atoms with Gasteiger partial charge in [0.15, 0.2) is 0 Å². The highest BCUT2D eigenvalue weighted by Gasteiger charge is 2.11. The van der Waals surface area contributed by atoms with Crippen molar-refractivity contribution in [2.75, 3.05) is 13.1 Å². The maximum Gasteiger partial charge on any atom is 0.111 e. The number of nitrogens with one attached hydrogen (secondary N) is 1. The molecule has 0 aliphatic rings. The first-order chi connectivity index (χ1) is 9.65. The van der Waals surface area contributed by atoms with E-state index in [2.05, 4.69) is 55.8 Å². The fourth-order valence-corrected chi connectivity index (χ4v) is 2.58. The third-order valence-electron chi connectivity index (χ3n) is 3.62. The van der Waals surface area contributed by atoms with E-state index < -0.39 is 0 Å². The number of aryl methyl sites for hydroxylation is 1. The minimum Gasteiger partial charge on any atom is -0.328 e. The molecular formula is C17H27N3. The Hall–Kier alpha value is -1.35. The first-order valence-corrected chi connectivity index (χ1v) is 7.84. The Morgan fingerprint density at radius 1 is 1.25 bits per heavy atom. The summed E-state index contributed by atoms with van der Waals surface area (Å²) < 4.78 is 2.40. The summed E-state index contributed by atoms with van der Waals surface area (Å²) in [6.45, 7) is 11.9. The van der Waals surface area contributed by atoms with Gasteiger partial charge >= 0.3 is 0 Å². The third kappa shape index (κ3) is 3.40. The predicted octanol–water partition coefficient (Wildman–Crippen LogP) is 3.41. The molecule has 0 radical (unpaired) electrons. The largest absolute Gasteiger partial charge is 0.328 e. The lowest BCUT2D eigenvalue weighted by Gasteiger charge is -2.12. The van der Waals surface area contributed by atoms with Gasteiger partial charge in [-0.25, -0.2) is 4.98 Å². The molecule has 0 atom stereocenters. The fourth-order valence-electron chi connectivity index (χ4n) is 2.58. The van der Waals surface area contributed by atoms with Crippen LogP contribution >= 0.6 is 0 Å². The second-order valence-electron chi connectivity index (χ2n) is 5.81. The van der Waals surface area contributed by atoms with Crippen molar-refractivity contribution < 1.29 is 0 Å². The molecule has 1 heterocycles. The molecule has 0 amide bonds. The van der Waals surface area contributed by atoms with Gasteiger partial charge in [-0.15, -0.1) is 0 Å². The van der Waals surface area contributed by atoms with E-state index >= 15 is 0 Å². The zero-order chi connectivity index (χ0) is 14.5. The number of fused-ring (bicyclic) bond motifs is 1. The summed E-state index contributed by atoms with van der Waals surface area (Å²) in [5, 5.41) is 3.39. The van der Waals surface area contributed by atoms with Gasteiger partial charge in [-0.2, -0.15) is 0 Å². The standard InChI is InChI=1S/C17H27N3/c1-5-14-7-8-16-15(11-14)19-17(9-10-18-6-2)20(16)12-13(3)4/h7-8,11,13,18H,5-6,9-10,12H2,1-4H3. The summed E-state index contributed by atoms with van der Waals surface area (Å²) in [5.74, 6) is 1.85. The number of benzene rings is 1. The Morgan fingerprint density at radius 2 is 2.05 bits per heavy atom. The Labute approximate surface area is 122 Å². The molecule has 2 rings (SSSR count). The van der Waals surface area contributed by atoms with Crippen molar-refractivity contribution in [1.82, 2.24) is 14.9 Å². The number of imidazole rings is 1. The van der Waals surface area contributed by atoms with Gasteiger partial charge in [-0.3, -0.25) is 0 Å². The van der Waals surface area contributed by atoms with Crippen LogP contribution in [-0.4, -0.2) is 22.6 Å². The van der Waals surface area contributed by atoms with Gasteiger partial charge in [0, 0.05) is 19.5 Å². The van der Waals surface area contributed by atoms with Gasteiger partial charge in [-0.05, 0) is 36.6 Å². The highest BCUT2D eigenvalue weighted by Crippen LogP contribution is 2.20. The highest BCUT2D eigenvalue weighted by atomic mass is 15.1. The second-order valence-corrected chi connectivity index (χ2v) is 5.81. The molecule has 20 heavy (non-hydrogen) atoms. The van der Waals surface area contributed by atoms with Crippen molar-refractivity contribution in [3.05, 3.63) is 29.6 Å². The molecule has 110 valence electrons. The molecule has 0 aliphatic carbocycles. The van der Waals surface area contributed by atoms with Crippen molar-refractivity contribution in [3.8, 4) is 0 Å². The normalized spacial score (nSPS) is 11.7. The van der Waals surface area contributed by atoms with Crippen LogP contribution < -0.4 is 5.32 Å². The third-order valence-corrected chi connectivity index (χ3v) is 3.62. The Balaban J connectivity index is 2.36. The van der Waals surface area contributed by atoms with E-state index in [4.69, 9.17) is 4.98 Å². The molecule has 1 aromatic carbocycles. The molecule has 1 N–H and O–H groups in total. The number of nitrogens with zero attached hydrogens (tertiary/aromatic N) is 2. The fraction of sp³-hybridized carbons (Fsp3) is 0.588. The molecule has 0 saturated heterocycles. The molecule has 0 aliphatic heterocycles. The van der Waals surface area contributed by atoms with E-state index in [1.807, 2.05) is 0 Å². The van der Waals surface area contributed by atoms with Crippen LogP contribution in [0.4, 0.5) is 0 Å². The monoisotopic (exact) mass is 273 g/mol. The van der Waals surface area contributed by atoms with Crippen molar-refractivity contribution in [3.63, 3.8) is 0 Å². The summed E-state index contributed by atoms with van der Waals surface area (Å²) in [4.78, 5) is 4.87. The number of aromatic nitrogens is 2. The summed E-state index contributed by atoms with van der Waals surface area (Å²) in [7, 11) is 0. The van der Waals surface area contributed by atoms with Crippen molar-refractivity contribution >= 4 is 11.0 Å². The molecular weight excluding hydrogens is 246 g/mol. The summed E-state index contributed by atoms with van der Waals surface area (Å²) >= 11 is 0. The van der Waals surface area contributed by atoms with Crippen LogP contribution in [0.15, 0.2) is 18.2 Å². The van der Waals surface area contributed by atoms with Crippen molar-refractivity contribution in [2.24, 2.45) is 5.92 Å². The Kier molecular flexibility index (Phi) is 5.18. The molecule has 0 saturated carbocycles. The van der Waals surface area contributed by atoms with E-state index in [1.54, 1.807) is 0 Å². The second kappa shape index (κ2) is 6.89. The molecule has 1 aromatic heterocycles. The van der Waals surface area contributed by atoms with Crippen LogP contribution in [0.3, 0.4) is 0 Å². The lowest BCUT2D eigenvalue weighted by atomic mass is 10.1. The number of rotatable bonds is 7. The summed E-state index contributed by atoms with van der Waals surface area (Å²) in [6.07, 6.45) is 2.07. The molecule has 3 nitrogen and oxygen atoms in total. The van der Waals surface area contributed by atoms with Gasteiger partial charge in [0.2, 0.25) is 0 Å². The van der Waals surface area contributed by atoms with Crippen LogP contribution in [0.1, 0.15) is 39.1 Å². The number of hydrogen-bond acceptors (Lipinski definition) is 2. The minimum absolute atomic E-state index is 0.635. The summed E-state index contributed by atoms with van der Waals surface area (Å²) in [5.41, 5.74) is 3.80. The van der Waals surface area contributed by atoms with E-state index in [0.29, 0.717) is 5.92 Å². The average molecular weight is 273 g/mol. The Morgan fingerprint density at radius 3 is 2.70 bits per heavy atom. The Bertz CT molecular complexity index is 555. The van der Waals surface area contributed by atoms with Gasteiger partial charge in [-0.1, -0.05) is 33.8 Å². The molecule has 2 aromatic rings. The smallest absolute Gasteiger partial charge is 0.111 e. The number of likely N-dealkylation sites (N-methyl/N-ethyl adjacent to an activating group) is 1. The SMILES string of the molecule is CCNCCc1nc2cc(CC)ccc2n1CC(C)C. The van der Waals surface area contributed by atoms with E-state index in [1.165, 1.54) is 16.9 Å². The van der Waals surface area contributed by atoms with Gasteiger partial charge in [0.1, 0.15) is 5.82 Å². The van der Waals surface area contributed by atoms with Gasteiger partial charge in [0.05, 0.1) is 11.0 Å². The maximum absolute atomic E-state index is 4.87. The quantitative estimate of drug-likeness (QED) is 0.784. The van der Waals surface area contributed by atoms with E-state index in [9.17, 15) is 0 Å². The lowest BCUT2D eigenvalue weighted by Crippen LogP contribution is -2.19. The van der Waals surface area contributed by atoms with Crippen molar-refractivity contribution in [2.45, 2.75) is 47.1 Å².